The van der Waals surface area contributed by atoms with Gasteiger partial charge in [0.05, 0.1) is 36.9 Å². The number of carbonyl (C=O) groups excluding carboxylic acids is 2. The van der Waals surface area contributed by atoms with E-state index in [4.69, 9.17) is 9.47 Å². The average Bonchev–Trinajstić information content (AvgIpc) is 3.25. The van der Waals surface area contributed by atoms with Crippen LogP contribution in [-0.2, 0) is 32.5 Å². The molecule has 4 heterocycles. The zero-order valence-electron chi connectivity index (χ0n) is 20.2. The number of fused-ring (bicyclic) bond motifs is 1. The molecular weight excluding hydrogens is 504 g/mol. The summed E-state index contributed by atoms with van der Waals surface area (Å²) in [6.07, 6.45) is 0.748. The first-order valence-electron chi connectivity index (χ1n) is 12.0. The number of hydrogen-bond acceptors (Lipinski definition) is 8. The van der Waals surface area contributed by atoms with Crippen LogP contribution in [0.15, 0.2) is 29.2 Å². The van der Waals surface area contributed by atoms with Crippen LogP contribution < -0.4 is 5.32 Å². The van der Waals surface area contributed by atoms with E-state index in [2.05, 4.69) is 10.2 Å². The fourth-order valence-electron chi connectivity index (χ4n) is 4.66. The van der Waals surface area contributed by atoms with Crippen molar-refractivity contribution in [1.82, 2.24) is 14.1 Å². The number of ether oxygens (including phenoxy) is 2. The summed E-state index contributed by atoms with van der Waals surface area (Å²) in [4.78, 5) is 31.9. The Hall–Kier alpha value is -2.35. The number of benzene rings is 1. The smallest absolute Gasteiger partial charge is 0.257 e. The van der Waals surface area contributed by atoms with Gasteiger partial charge in [-0.2, -0.15) is 4.31 Å². The number of carbonyl (C=O) groups is 2. The molecule has 2 saturated heterocycles. The molecule has 0 radical (unpaired) electrons. The Balaban J connectivity index is 1.38. The number of nitrogens with one attached hydrogen (secondary N) is 1. The van der Waals surface area contributed by atoms with E-state index in [-0.39, 0.29) is 16.7 Å². The predicted octanol–water partition coefficient (Wildman–Crippen LogP) is 1.48. The van der Waals surface area contributed by atoms with Gasteiger partial charge < -0.3 is 24.6 Å². The number of amides is 2. The van der Waals surface area contributed by atoms with Gasteiger partial charge in [0.25, 0.3) is 11.8 Å². The second kappa shape index (κ2) is 10.6. The van der Waals surface area contributed by atoms with Crippen LogP contribution in [0.25, 0.3) is 0 Å². The van der Waals surface area contributed by atoms with Gasteiger partial charge in [-0.1, -0.05) is 0 Å². The van der Waals surface area contributed by atoms with Crippen LogP contribution in [0.1, 0.15) is 31.2 Å². The maximum atomic E-state index is 13.5. The molecule has 5 rings (SSSR count). The molecule has 0 spiro atoms. The molecule has 0 saturated carbocycles. The average molecular weight is 535 g/mol. The van der Waals surface area contributed by atoms with E-state index in [1.807, 2.05) is 7.05 Å². The maximum Gasteiger partial charge on any atom is 0.257 e. The first-order chi connectivity index (χ1) is 17.3. The molecule has 10 nitrogen and oxygen atoms in total. The topological polar surface area (TPSA) is 108 Å². The van der Waals surface area contributed by atoms with Crippen LogP contribution in [-0.4, -0.2) is 101 Å². The fraction of sp³-hybridized carbons (Fsp3) is 0.500. The SMILES string of the molecule is CN1CCc2c(sc(NC(=O)c3ccc(S(=O)(=O)N4CCOCC4)cc3)c2C(=O)N2CCOCC2)C1. The van der Waals surface area contributed by atoms with E-state index in [0.717, 1.165) is 30.0 Å². The molecule has 3 aliphatic heterocycles. The summed E-state index contributed by atoms with van der Waals surface area (Å²) in [6, 6.07) is 5.92. The van der Waals surface area contributed by atoms with Crippen LogP contribution in [0.5, 0.6) is 0 Å². The lowest BCUT2D eigenvalue weighted by molar-refractivity contribution is 0.0303. The van der Waals surface area contributed by atoms with E-state index in [9.17, 15) is 18.0 Å². The first kappa shape index (κ1) is 25.3. The van der Waals surface area contributed by atoms with Crippen LogP contribution in [0.2, 0.25) is 0 Å². The molecule has 0 unspecified atom stereocenters. The Bertz CT molecular complexity index is 1230. The highest BCUT2D eigenvalue weighted by atomic mass is 32.2. The summed E-state index contributed by atoms with van der Waals surface area (Å²) < 4.78 is 37.8. The molecular formula is C24H30N4O6S2. The second-order valence-corrected chi connectivity index (χ2v) is 12.1. The summed E-state index contributed by atoms with van der Waals surface area (Å²) in [6.45, 7) is 4.98. The molecule has 0 atom stereocenters. The van der Waals surface area contributed by atoms with Crippen molar-refractivity contribution in [3.63, 3.8) is 0 Å². The minimum Gasteiger partial charge on any atom is -0.379 e. The number of nitrogens with zero attached hydrogens (tertiary/aromatic N) is 3. The minimum absolute atomic E-state index is 0.0809. The van der Waals surface area contributed by atoms with Crippen molar-refractivity contribution in [3.05, 3.63) is 45.8 Å². The van der Waals surface area contributed by atoms with E-state index in [1.54, 1.807) is 4.90 Å². The molecule has 0 aliphatic carbocycles. The van der Waals surface area contributed by atoms with Crippen molar-refractivity contribution >= 4 is 38.2 Å². The third-order valence-corrected chi connectivity index (χ3v) is 9.76. The fourth-order valence-corrected chi connectivity index (χ4v) is 7.38. The number of rotatable bonds is 5. The van der Waals surface area contributed by atoms with Gasteiger partial charge in [-0.25, -0.2) is 8.42 Å². The van der Waals surface area contributed by atoms with Crippen LogP contribution in [0, 0.1) is 0 Å². The van der Waals surface area contributed by atoms with Gasteiger partial charge >= 0.3 is 0 Å². The lowest BCUT2D eigenvalue weighted by atomic mass is 10.0. The molecule has 1 aromatic carbocycles. The summed E-state index contributed by atoms with van der Waals surface area (Å²) in [5, 5.41) is 3.49. The Kier molecular flexibility index (Phi) is 7.42. The van der Waals surface area contributed by atoms with Gasteiger partial charge in [0, 0.05) is 49.7 Å². The number of sulfonamides is 1. The van der Waals surface area contributed by atoms with Gasteiger partial charge in [-0.3, -0.25) is 9.59 Å². The number of thiophene rings is 1. The van der Waals surface area contributed by atoms with Gasteiger partial charge in [0.1, 0.15) is 5.00 Å². The number of morpholine rings is 2. The number of likely N-dealkylation sites (N-methyl/N-ethyl adjacent to an activating group) is 1. The standard InChI is InChI=1S/C24H30N4O6S2/c1-26-7-6-19-20(16-26)35-23(21(19)24(30)27-8-12-33-13-9-27)25-22(29)17-2-4-18(5-3-17)36(31,32)28-10-14-34-15-11-28/h2-5H,6-16H2,1H3,(H,25,29). The molecule has 1 N–H and O–H groups in total. The molecule has 3 aliphatic rings. The third-order valence-electron chi connectivity index (χ3n) is 6.71. The molecule has 1 aromatic heterocycles. The number of hydrogen-bond donors (Lipinski definition) is 1. The highest BCUT2D eigenvalue weighted by Gasteiger charge is 2.31. The third kappa shape index (κ3) is 5.06. The quantitative estimate of drug-likeness (QED) is 0.619. The van der Waals surface area contributed by atoms with Crippen molar-refractivity contribution < 1.29 is 27.5 Å². The Labute approximate surface area is 214 Å². The van der Waals surface area contributed by atoms with Gasteiger partial charge in [0.2, 0.25) is 10.0 Å². The van der Waals surface area contributed by atoms with Crippen molar-refractivity contribution in [2.75, 3.05) is 71.5 Å². The van der Waals surface area contributed by atoms with Crippen molar-refractivity contribution in [3.8, 4) is 0 Å². The summed E-state index contributed by atoms with van der Waals surface area (Å²) in [5.41, 5.74) is 1.91. The lowest BCUT2D eigenvalue weighted by Gasteiger charge is -2.28. The molecule has 0 bridgehead atoms. The van der Waals surface area contributed by atoms with Crippen LogP contribution in [0.4, 0.5) is 5.00 Å². The number of anilines is 1. The molecule has 2 fully saturated rings. The van der Waals surface area contributed by atoms with E-state index < -0.39 is 10.0 Å². The Morgan fingerprint density at radius 1 is 0.944 bits per heavy atom. The maximum absolute atomic E-state index is 13.5. The second-order valence-electron chi connectivity index (χ2n) is 9.10. The summed E-state index contributed by atoms with van der Waals surface area (Å²) in [5.74, 6) is -0.462. The molecule has 12 heteroatoms. The summed E-state index contributed by atoms with van der Waals surface area (Å²) in [7, 11) is -1.60. The molecule has 2 aromatic rings. The van der Waals surface area contributed by atoms with E-state index in [0.29, 0.717) is 68.7 Å². The zero-order valence-corrected chi connectivity index (χ0v) is 21.8. The lowest BCUT2D eigenvalue weighted by Crippen LogP contribution is -2.41. The summed E-state index contributed by atoms with van der Waals surface area (Å²) >= 11 is 1.44. The van der Waals surface area contributed by atoms with Crippen LogP contribution in [0.3, 0.4) is 0 Å². The van der Waals surface area contributed by atoms with Gasteiger partial charge in [0.15, 0.2) is 0 Å². The Morgan fingerprint density at radius 2 is 1.58 bits per heavy atom. The van der Waals surface area contributed by atoms with Crippen LogP contribution >= 0.6 is 11.3 Å². The first-order valence-corrected chi connectivity index (χ1v) is 14.3. The normalized spacial score (nSPS) is 19.6. The minimum atomic E-state index is -3.64. The zero-order chi connectivity index (χ0) is 25.3. The van der Waals surface area contributed by atoms with Crippen molar-refractivity contribution in [1.29, 1.82) is 0 Å². The highest BCUT2D eigenvalue weighted by molar-refractivity contribution is 7.89. The van der Waals surface area contributed by atoms with Crippen molar-refractivity contribution in [2.24, 2.45) is 0 Å². The van der Waals surface area contributed by atoms with Crippen molar-refractivity contribution in [2.45, 2.75) is 17.9 Å². The van der Waals surface area contributed by atoms with E-state index >= 15 is 0 Å². The molecule has 2 amide bonds. The molecule has 194 valence electrons. The monoisotopic (exact) mass is 534 g/mol. The molecule has 36 heavy (non-hydrogen) atoms. The van der Waals surface area contributed by atoms with E-state index in [1.165, 1.54) is 39.9 Å². The largest absolute Gasteiger partial charge is 0.379 e. The van der Waals surface area contributed by atoms with Gasteiger partial charge in [-0.15, -0.1) is 11.3 Å². The Morgan fingerprint density at radius 3 is 2.25 bits per heavy atom. The predicted molar refractivity (Wildman–Crippen MR) is 135 cm³/mol. The van der Waals surface area contributed by atoms with Gasteiger partial charge in [-0.05, 0) is 43.3 Å². The highest BCUT2D eigenvalue weighted by Crippen LogP contribution is 2.38.